The van der Waals surface area contributed by atoms with Crippen LogP contribution in [0.25, 0.3) is 0 Å². The number of halogens is 3. The van der Waals surface area contributed by atoms with Gasteiger partial charge in [0.2, 0.25) is 0 Å². The van der Waals surface area contributed by atoms with Crippen molar-refractivity contribution in [3.63, 3.8) is 0 Å². The van der Waals surface area contributed by atoms with Crippen LogP contribution in [0.15, 0.2) is 34.8 Å². The van der Waals surface area contributed by atoms with Crippen LogP contribution >= 0.6 is 15.9 Å². The largest absolute Gasteiger partial charge is 0.486 e. The van der Waals surface area contributed by atoms with Gasteiger partial charge in [-0.05, 0) is 28.1 Å². The number of anilines is 1. The highest BCUT2D eigenvalue weighted by atomic mass is 79.9. The Balaban J connectivity index is 1.81. The van der Waals surface area contributed by atoms with Crippen molar-refractivity contribution < 1.29 is 18.3 Å². The van der Waals surface area contributed by atoms with E-state index >= 15 is 0 Å². The predicted octanol–water partition coefficient (Wildman–Crippen LogP) is 4.11. The molecule has 3 nitrogen and oxygen atoms in total. The number of rotatable bonds is 3. The van der Waals surface area contributed by atoms with Crippen LogP contribution in [0.2, 0.25) is 0 Å². The summed E-state index contributed by atoms with van der Waals surface area (Å²) in [6, 6.07) is 7.76. The Labute approximate surface area is 129 Å². The summed E-state index contributed by atoms with van der Waals surface area (Å²) in [6.45, 7) is 1.35. The Morgan fingerprint density at radius 3 is 2.76 bits per heavy atom. The van der Waals surface area contributed by atoms with Gasteiger partial charge in [-0.1, -0.05) is 12.1 Å². The number of ether oxygens (including phenoxy) is 2. The van der Waals surface area contributed by atoms with Crippen molar-refractivity contribution in [1.82, 2.24) is 0 Å². The molecule has 0 aliphatic carbocycles. The number of hydrogen-bond donors (Lipinski definition) is 1. The minimum atomic E-state index is -0.641. The van der Waals surface area contributed by atoms with Crippen LogP contribution in [-0.4, -0.2) is 13.2 Å². The van der Waals surface area contributed by atoms with E-state index in [1.54, 1.807) is 0 Å². The fourth-order valence-corrected chi connectivity index (χ4v) is 2.47. The second-order valence-electron chi connectivity index (χ2n) is 4.54. The van der Waals surface area contributed by atoms with E-state index < -0.39 is 11.6 Å². The zero-order valence-corrected chi connectivity index (χ0v) is 12.5. The lowest BCUT2D eigenvalue weighted by atomic mass is 10.1. The highest BCUT2D eigenvalue weighted by Gasteiger charge is 2.16. The van der Waals surface area contributed by atoms with Crippen molar-refractivity contribution >= 4 is 21.6 Å². The Kier molecular flexibility index (Phi) is 3.96. The van der Waals surface area contributed by atoms with E-state index in [4.69, 9.17) is 9.47 Å². The summed E-state index contributed by atoms with van der Waals surface area (Å²) in [5.41, 5.74) is 1.07. The maximum absolute atomic E-state index is 13.7. The van der Waals surface area contributed by atoms with Crippen LogP contribution in [0.4, 0.5) is 14.5 Å². The maximum Gasteiger partial charge on any atom is 0.166 e. The molecule has 3 rings (SSSR count). The molecular weight excluding hydrogens is 344 g/mol. The average Bonchev–Trinajstić information content (AvgIpc) is 2.49. The molecular formula is C15H12BrF2NO2. The predicted molar refractivity (Wildman–Crippen MR) is 78.8 cm³/mol. The van der Waals surface area contributed by atoms with Crippen LogP contribution in [-0.2, 0) is 6.54 Å². The molecule has 1 heterocycles. The summed E-state index contributed by atoms with van der Waals surface area (Å²) >= 11 is 3.04. The second kappa shape index (κ2) is 5.89. The van der Waals surface area contributed by atoms with Gasteiger partial charge >= 0.3 is 0 Å². The average molecular weight is 356 g/mol. The van der Waals surface area contributed by atoms with E-state index in [1.165, 1.54) is 6.07 Å². The van der Waals surface area contributed by atoms with Gasteiger partial charge in [-0.25, -0.2) is 8.78 Å². The SMILES string of the molecule is Fc1cc(F)c(NCc2cccc3c2OCCO3)cc1Br. The number of fused-ring (bicyclic) bond motifs is 1. The van der Waals surface area contributed by atoms with E-state index in [9.17, 15) is 8.78 Å². The molecule has 0 bridgehead atoms. The summed E-state index contributed by atoms with van der Waals surface area (Å²) in [5, 5.41) is 2.94. The summed E-state index contributed by atoms with van der Waals surface area (Å²) in [6.07, 6.45) is 0. The first-order valence-electron chi connectivity index (χ1n) is 6.41. The van der Waals surface area contributed by atoms with E-state index in [0.29, 0.717) is 31.3 Å². The molecule has 0 unspecified atom stereocenters. The molecule has 21 heavy (non-hydrogen) atoms. The first-order valence-corrected chi connectivity index (χ1v) is 7.20. The molecule has 6 heteroatoms. The Hall–Kier alpha value is -1.82. The first kappa shape index (κ1) is 14.1. The van der Waals surface area contributed by atoms with Gasteiger partial charge in [0.05, 0.1) is 10.2 Å². The van der Waals surface area contributed by atoms with Gasteiger partial charge < -0.3 is 14.8 Å². The van der Waals surface area contributed by atoms with Gasteiger partial charge in [-0.3, -0.25) is 0 Å². The van der Waals surface area contributed by atoms with E-state index in [1.807, 2.05) is 18.2 Å². The molecule has 0 fully saturated rings. The van der Waals surface area contributed by atoms with Gasteiger partial charge in [-0.15, -0.1) is 0 Å². The smallest absolute Gasteiger partial charge is 0.166 e. The Bertz CT molecular complexity index is 679. The maximum atomic E-state index is 13.7. The molecule has 0 saturated heterocycles. The first-order chi connectivity index (χ1) is 10.1. The van der Waals surface area contributed by atoms with Gasteiger partial charge in [0.1, 0.15) is 24.8 Å². The third-order valence-electron chi connectivity index (χ3n) is 3.13. The lowest BCUT2D eigenvalue weighted by Crippen LogP contribution is -2.17. The van der Waals surface area contributed by atoms with Crippen molar-refractivity contribution in [1.29, 1.82) is 0 Å². The van der Waals surface area contributed by atoms with Gasteiger partial charge in [-0.2, -0.15) is 0 Å². The molecule has 0 aromatic heterocycles. The number of para-hydroxylation sites is 1. The van der Waals surface area contributed by atoms with Crippen molar-refractivity contribution in [2.75, 3.05) is 18.5 Å². The topological polar surface area (TPSA) is 30.5 Å². The zero-order chi connectivity index (χ0) is 14.8. The zero-order valence-electron chi connectivity index (χ0n) is 11.0. The molecule has 110 valence electrons. The van der Waals surface area contributed by atoms with Crippen molar-refractivity contribution in [3.05, 3.63) is 52.0 Å². The highest BCUT2D eigenvalue weighted by molar-refractivity contribution is 9.10. The van der Waals surface area contributed by atoms with Crippen molar-refractivity contribution in [3.8, 4) is 11.5 Å². The van der Waals surface area contributed by atoms with Crippen LogP contribution < -0.4 is 14.8 Å². The van der Waals surface area contributed by atoms with Gasteiger partial charge in [0.25, 0.3) is 0 Å². The minimum absolute atomic E-state index is 0.209. The molecule has 2 aromatic rings. The fraction of sp³-hybridized carbons (Fsp3) is 0.200. The van der Waals surface area contributed by atoms with Crippen molar-refractivity contribution in [2.24, 2.45) is 0 Å². The third kappa shape index (κ3) is 2.95. The van der Waals surface area contributed by atoms with E-state index in [0.717, 1.165) is 11.6 Å². The lowest BCUT2D eigenvalue weighted by Gasteiger charge is -2.21. The molecule has 0 radical (unpaired) electrons. The monoisotopic (exact) mass is 355 g/mol. The van der Waals surface area contributed by atoms with Crippen LogP contribution in [0.5, 0.6) is 11.5 Å². The normalized spacial score (nSPS) is 13.1. The molecule has 0 atom stereocenters. The quantitative estimate of drug-likeness (QED) is 0.840. The summed E-state index contributed by atoms with van der Waals surface area (Å²) < 4.78 is 38.2. The molecule has 1 aliphatic heterocycles. The molecule has 0 amide bonds. The number of benzene rings is 2. The van der Waals surface area contributed by atoms with Gasteiger partial charge in [0, 0.05) is 18.2 Å². The van der Waals surface area contributed by atoms with E-state index in [2.05, 4.69) is 21.2 Å². The lowest BCUT2D eigenvalue weighted by molar-refractivity contribution is 0.170. The second-order valence-corrected chi connectivity index (χ2v) is 5.40. The molecule has 1 aliphatic rings. The molecule has 0 spiro atoms. The van der Waals surface area contributed by atoms with Gasteiger partial charge in [0.15, 0.2) is 11.5 Å². The molecule has 1 N–H and O–H groups in total. The summed E-state index contributed by atoms with van der Waals surface area (Å²) in [7, 11) is 0. The van der Waals surface area contributed by atoms with Crippen molar-refractivity contribution in [2.45, 2.75) is 6.54 Å². The molecule has 2 aromatic carbocycles. The summed E-state index contributed by atoms with van der Waals surface area (Å²) in [5.74, 6) is 0.0729. The number of hydrogen-bond acceptors (Lipinski definition) is 3. The summed E-state index contributed by atoms with van der Waals surface area (Å²) in [4.78, 5) is 0. The Morgan fingerprint density at radius 1 is 1.10 bits per heavy atom. The van der Waals surface area contributed by atoms with Crippen LogP contribution in [0, 0.1) is 11.6 Å². The fourth-order valence-electron chi connectivity index (χ4n) is 2.12. The molecule has 0 saturated carbocycles. The Morgan fingerprint density at radius 2 is 1.90 bits per heavy atom. The third-order valence-corrected chi connectivity index (χ3v) is 3.73. The number of nitrogens with one attached hydrogen (secondary N) is 1. The minimum Gasteiger partial charge on any atom is -0.486 e. The van der Waals surface area contributed by atoms with E-state index in [-0.39, 0.29) is 10.2 Å². The van der Waals surface area contributed by atoms with Crippen LogP contribution in [0.3, 0.4) is 0 Å². The van der Waals surface area contributed by atoms with Crippen LogP contribution in [0.1, 0.15) is 5.56 Å². The standard InChI is InChI=1S/C15H12BrF2NO2/c16-10-6-13(12(18)7-11(10)17)19-8-9-2-1-3-14-15(9)21-5-4-20-14/h1-3,6-7,19H,4-5,8H2. The highest BCUT2D eigenvalue weighted by Crippen LogP contribution is 2.34.